The van der Waals surface area contributed by atoms with Gasteiger partial charge in [0.25, 0.3) is 5.56 Å². The van der Waals surface area contributed by atoms with Crippen LogP contribution in [-0.4, -0.2) is 30.8 Å². The maximum Gasteiger partial charge on any atom is 0.321 e. The summed E-state index contributed by atoms with van der Waals surface area (Å²) in [5, 5.41) is 13.5. The van der Waals surface area contributed by atoms with Crippen LogP contribution in [0.4, 0.5) is 0 Å². The Labute approximate surface area is 157 Å². The Morgan fingerprint density at radius 1 is 1.07 bits per heavy atom. The minimum atomic E-state index is -1.01. The van der Waals surface area contributed by atoms with E-state index < -0.39 is 11.2 Å². The minimum Gasteiger partial charge on any atom is -0.480 e. The molecule has 2 aromatic carbocycles. The molecule has 2 heterocycles. The second-order valence-corrected chi connectivity index (χ2v) is 6.84. The molecule has 4 rings (SSSR count). The monoisotopic (exact) mass is 378 g/mol. The molecule has 7 nitrogen and oxygen atoms in total. The molecule has 0 amide bonds. The first-order chi connectivity index (χ1) is 13.1. The lowest BCUT2D eigenvalue weighted by atomic mass is 10.1. The number of thioether (sulfide) groups is 1. The lowest BCUT2D eigenvalue weighted by molar-refractivity contribution is -0.136. The lowest BCUT2D eigenvalue weighted by Gasteiger charge is -2.11. The Bertz CT molecular complexity index is 1160. The molecule has 1 unspecified atom stereocenters. The number of hydrogen-bond donors (Lipinski definition) is 2. The molecule has 134 valence electrons. The van der Waals surface area contributed by atoms with E-state index >= 15 is 0 Å². The first-order valence-electron chi connectivity index (χ1n) is 8.11. The van der Waals surface area contributed by atoms with Gasteiger partial charge in [0.15, 0.2) is 10.8 Å². The van der Waals surface area contributed by atoms with Crippen molar-refractivity contribution < 1.29 is 9.90 Å². The number of carbonyl (C=O) groups is 1. The fraction of sp³-hybridized carbons (Fsp3) is 0.0526. The summed E-state index contributed by atoms with van der Waals surface area (Å²) in [4.78, 5) is 31.3. The molecule has 0 radical (unpaired) electrons. The number of aromatic nitrogens is 4. The molecular formula is C19H14N4O3S. The van der Waals surface area contributed by atoms with Gasteiger partial charge < -0.3 is 10.1 Å². The molecule has 0 saturated heterocycles. The second-order valence-electron chi connectivity index (χ2n) is 5.75. The van der Waals surface area contributed by atoms with Gasteiger partial charge in [0, 0.05) is 0 Å². The van der Waals surface area contributed by atoms with E-state index in [9.17, 15) is 14.7 Å². The largest absolute Gasteiger partial charge is 0.480 e. The quantitative estimate of drug-likeness (QED) is 0.409. The van der Waals surface area contributed by atoms with Crippen LogP contribution in [0.2, 0.25) is 0 Å². The van der Waals surface area contributed by atoms with Crippen LogP contribution >= 0.6 is 11.8 Å². The third-order valence-corrected chi connectivity index (χ3v) is 5.10. The predicted molar refractivity (Wildman–Crippen MR) is 102 cm³/mol. The van der Waals surface area contributed by atoms with E-state index in [-0.39, 0.29) is 10.7 Å². The summed E-state index contributed by atoms with van der Waals surface area (Å²) in [5.74, 6) is -1.01. The van der Waals surface area contributed by atoms with E-state index in [1.165, 1.54) is 6.20 Å². The summed E-state index contributed by atoms with van der Waals surface area (Å²) in [6.07, 6.45) is 1.45. The number of benzene rings is 2. The van der Waals surface area contributed by atoms with Gasteiger partial charge in [-0.05, 0) is 17.7 Å². The van der Waals surface area contributed by atoms with E-state index in [1.54, 1.807) is 28.9 Å². The van der Waals surface area contributed by atoms with Gasteiger partial charge in [0.05, 0.1) is 11.9 Å². The molecule has 0 saturated carbocycles. The zero-order valence-electron chi connectivity index (χ0n) is 13.9. The maximum absolute atomic E-state index is 12.4. The molecule has 0 aliphatic rings. The average molecular weight is 378 g/mol. The maximum atomic E-state index is 12.4. The highest BCUT2D eigenvalue weighted by Gasteiger charge is 2.23. The number of aliphatic carboxylic acids is 1. The average Bonchev–Trinajstić information content (AvgIpc) is 3.12. The number of nitrogens with one attached hydrogen (secondary N) is 1. The fourth-order valence-corrected chi connectivity index (χ4v) is 3.62. The Kier molecular flexibility index (Phi) is 4.47. The molecule has 27 heavy (non-hydrogen) atoms. The number of hydrogen-bond acceptors (Lipinski definition) is 5. The van der Waals surface area contributed by atoms with Crippen LogP contribution in [-0.2, 0) is 4.79 Å². The van der Waals surface area contributed by atoms with Crippen LogP contribution in [0.5, 0.6) is 0 Å². The second kappa shape index (κ2) is 7.08. The van der Waals surface area contributed by atoms with Gasteiger partial charge in [-0.25, -0.2) is 9.67 Å². The topological polar surface area (TPSA) is 101 Å². The highest BCUT2D eigenvalue weighted by Crippen LogP contribution is 2.33. The zero-order chi connectivity index (χ0) is 18.8. The molecule has 2 aromatic heterocycles. The van der Waals surface area contributed by atoms with Gasteiger partial charge in [0.2, 0.25) is 0 Å². The van der Waals surface area contributed by atoms with Crippen molar-refractivity contribution in [3.8, 4) is 5.69 Å². The first-order valence-corrected chi connectivity index (χ1v) is 8.99. The molecule has 0 fully saturated rings. The summed E-state index contributed by atoms with van der Waals surface area (Å²) in [5.41, 5.74) is 1.40. The lowest BCUT2D eigenvalue weighted by Crippen LogP contribution is -2.13. The molecule has 0 spiro atoms. The molecule has 8 heteroatoms. The standard InChI is InChI=1S/C19H14N4O3S/c24-17-14-11-20-23(13-9-5-2-6-10-13)16(14)21-19(22-17)27-15(18(25)26)12-7-3-1-4-8-12/h1-11,15H,(H,25,26)(H,21,22,24). The van der Waals surface area contributed by atoms with E-state index in [1.807, 2.05) is 36.4 Å². The molecule has 1 atom stereocenters. The van der Waals surface area contributed by atoms with Crippen molar-refractivity contribution in [2.24, 2.45) is 0 Å². The van der Waals surface area contributed by atoms with Gasteiger partial charge in [-0.3, -0.25) is 9.59 Å². The van der Waals surface area contributed by atoms with E-state index in [4.69, 9.17) is 0 Å². The summed E-state index contributed by atoms with van der Waals surface area (Å²) < 4.78 is 1.56. The van der Waals surface area contributed by atoms with Crippen LogP contribution in [0, 0.1) is 0 Å². The van der Waals surface area contributed by atoms with Crippen molar-refractivity contribution in [3.05, 3.63) is 82.8 Å². The highest BCUT2D eigenvalue weighted by atomic mass is 32.2. The van der Waals surface area contributed by atoms with Crippen molar-refractivity contribution in [2.45, 2.75) is 10.4 Å². The zero-order valence-corrected chi connectivity index (χ0v) is 14.8. The smallest absolute Gasteiger partial charge is 0.321 e. The predicted octanol–water partition coefficient (Wildman–Crippen LogP) is 3.03. The molecule has 0 aliphatic heterocycles. The third kappa shape index (κ3) is 3.34. The highest BCUT2D eigenvalue weighted by molar-refractivity contribution is 8.00. The van der Waals surface area contributed by atoms with Crippen molar-refractivity contribution in [2.75, 3.05) is 0 Å². The fourth-order valence-electron chi connectivity index (χ4n) is 2.71. The summed E-state index contributed by atoms with van der Waals surface area (Å²) in [7, 11) is 0. The number of carboxylic acids is 1. The van der Waals surface area contributed by atoms with Crippen molar-refractivity contribution in [3.63, 3.8) is 0 Å². The van der Waals surface area contributed by atoms with Crippen LogP contribution in [0.15, 0.2) is 76.8 Å². The van der Waals surface area contributed by atoms with Crippen LogP contribution in [0.25, 0.3) is 16.7 Å². The van der Waals surface area contributed by atoms with Crippen LogP contribution in [0.1, 0.15) is 10.8 Å². The number of rotatable bonds is 5. The minimum absolute atomic E-state index is 0.224. The molecular weight excluding hydrogens is 364 g/mol. The third-order valence-electron chi connectivity index (χ3n) is 3.97. The van der Waals surface area contributed by atoms with E-state index in [2.05, 4.69) is 15.1 Å². The van der Waals surface area contributed by atoms with Gasteiger partial charge in [-0.2, -0.15) is 5.10 Å². The van der Waals surface area contributed by atoms with Crippen LogP contribution in [0.3, 0.4) is 0 Å². The first kappa shape index (κ1) is 17.0. The van der Waals surface area contributed by atoms with Gasteiger partial charge in [-0.15, -0.1) is 0 Å². The van der Waals surface area contributed by atoms with Gasteiger partial charge >= 0.3 is 5.97 Å². The number of carboxylic acid groups (broad SMARTS) is 1. The molecule has 0 aliphatic carbocycles. The number of aromatic amines is 1. The van der Waals surface area contributed by atoms with Crippen molar-refractivity contribution >= 4 is 28.8 Å². The van der Waals surface area contributed by atoms with Crippen molar-refractivity contribution in [1.29, 1.82) is 0 Å². The molecule has 2 N–H and O–H groups in total. The van der Waals surface area contributed by atoms with Gasteiger partial charge in [-0.1, -0.05) is 60.3 Å². The van der Waals surface area contributed by atoms with Crippen molar-refractivity contribution in [1.82, 2.24) is 19.7 Å². The number of H-pyrrole nitrogens is 1. The summed E-state index contributed by atoms with van der Waals surface area (Å²) >= 11 is 0.979. The Morgan fingerprint density at radius 2 is 1.74 bits per heavy atom. The normalized spacial score (nSPS) is 12.1. The van der Waals surface area contributed by atoms with Gasteiger partial charge in [0.1, 0.15) is 10.6 Å². The molecule has 4 aromatic rings. The molecule has 0 bridgehead atoms. The summed E-state index contributed by atoms with van der Waals surface area (Å²) in [6, 6.07) is 18.1. The number of fused-ring (bicyclic) bond motifs is 1. The Balaban J connectivity index is 1.78. The van der Waals surface area contributed by atoms with E-state index in [0.29, 0.717) is 16.6 Å². The SMILES string of the molecule is O=C(O)C(Sc1nc2c(cnn2-c2ccccc2)c(=O)[nH]1)c1ccccc1. The number of para-hydroxylation sites is 1. The number of nitrogens with zero attached hydrogens (tertiary/aromatic N) is 3. The summed E-state index contributed by atoms with van der Waals surface area (Å²) in [6.45, 7) is 0. The van der Waals surface area contributed by atoms with Crippen LogP contribution < -0.4 is 5.56 Å². The van der Waals surface area contributed by atoms with E-state index in [0.717, 1.165) is 17.4 Å². The Morgan fingerprint density at radius 3 is 2.41 bits per heavy atom. The Hall–Kier alpha value is -3.39.